The van der Waals surface area contributed by atoms with Crippen molar-refractivity contribution in [3.8, 4) is 11.5 Å². The van der Waals surface area contributed by atoms with Gasteiger partial charge in [0.1, 0.15) is 11.5 Å². The number of nitrogens with zero attached hydrogens (tertiary/aromatic N) is 1. The van der Waals surface area contributed by atoms with Gasteiger partial charge in [0.15, 0.2) is 0 Å². The minimum Gasteiger partial charge on any atom is -0.494 e. The van der Waals surface area contributed by atoms with Crippen LogP contribution >= 0.6 is 0 Å². The molecular weight excluding hydrogens is 356 g/mol. The summed E-state index contributed by atoms with van der Waals surface area (Å²) in [4.78, 5) is 26.3. The second-order valence-electron chi connectivity index (χ2n) is 6.59. The molecule has 0 bridgehead atoms. The molecule has 0 spiro atoms. The molecule has 1 aliphatic heterocycles. The normalized spacial score (nSPS) is 13.5. The predicted octanol–water partition coefficient (Wildman–Crippen LogP) is 3.86. The van der Waals surface area contributed by atoms with Crippen molar-refractivity contribution in [3.63, 3.8) is 0 Å². The first-order valence-corrected chi connectivity index (χ1v) is 9.68. The molecule has 1 N–H and O–H groups in total. The van der Waals surface area contributed by atoms with Crippen molar-refractivity contribution in [3.05, 3.63) is 53.6 Å². The SMILES string of the molecule is CCOc1ccc(OCC)c(NC(=O)c2ccc(CN3CCCC3=O)cc2)c1. The highest BCUT2D eigenvalue weighted by Crippen LogP contribution is 2.30. The number of ether oxygens (including phenoxy) is 2. The highest BCUT2D eigenvalue weighted by molar-refractivity contribution is 6.05. The molecule has 6 heteroatoms. The monoisotopic (exact) mass is 382 g/mol. The van der Waals surface area contributed by atoms with Crippen LogP contribution in [0.15, 0.2) is 42.5 Å². The maximum absolute atomic E-state index is 12.7. The fraction of sp³-hybridized carbons (Fsp3) is 0.364. The van der Waals surface area contributed by atoms with Crippen molar-refractivity contribution in [2.45, 2.75) is 33.2 Å². The van der Waals surface area contributed by atoms with Gasteiger partial charge in [-0.1, -0.05) is 12.1 Å². The second kappa shape index (κ2) is 9.26. The molecule has 148 valence electrons. The molecule has 3 rings (SSSR count). The first kappa shape index (κ1) is 19.7. The molecule has 0 atom stereocenters. The first-order chi connectivity index (χ1) is 13.6. The smallest absolute Gasteiger partial charge is 0.255 e. The van der Waals surface area contributed by atoms with Crippen molar-refractivity contribution in [1.29, 1.82) is 0 Å². The van der Waals surface area contributed by atoms with Crippen molar-refractivity contribution in [2.24, 2.45) is 0 Å². The van der Waals surface area contributed by atoms with E-state index >= 15 is 0 Å². The topological polar surface area (TPSA) is 67.9 Å². The molecule has 6 nitrogen and oxygen atoms in total. The maximum Gasteiger partial charge on any atom is 0.255 e. The summed E-state index contributed by atoms with van der Waals surface area (Å²) < 4.78 is 11.1. The molecule has 2 aromatic carbocycles. The number of rotatable bonds is 8. The lowest BCUT2D eigenvalue weighted by Crippen LogP contribution is -2.23. The Morgan fingerprint density at radius 3 is 2.46 bits per heavy atom. The summed E-state index contributed by atoms with van der Waals surface area (Å²) in [5.74, 6) is 1.24. The third-order valence-corrected chi connectivity index (χ3v) is 4.57. The summed E-state index contributed by atoms with van der Waals surface area (Å²) in [7, 11) is 0. The molecule has 28 heavy (non-hydrogen) atoms. The number of carbonyl (C=O) groups is 2. The number of benzene rings is 2. The van der Waals surface area contributed by atoms with Crippen LogP contribution in [0.25, 0.3) is 0 Å². The Labute approximate surface area is 165 Å². The number of hydrogen-bond acceptors (Lipinski definition) is 4. The molecule has 1 saturated heterocycles. The van der Waals surface area contributed by atoms with E-state index < -0.39 is 0 Å². The zero-order valence-electron chi connectivity index (χ0n) is 16.4. The maximum atomic E-state index is 12.7. The van der Waals surface area contributed by atoms with Crippen molar-refractivity contribution < 1.29 is 19.1 Å². The van der Waals surface area contributed by atoms with E-state index in [4.69, 9.17) is 9.47 Å². The van der Waals surface area contributed by atoms with Gasteiger partial charge in [0.25, 0.3) is 5.91 Å². The van der Waals surface area contributed by atoms with E-state index in [1.807, 2.05) is 36.9 Å². The highest BCUT2D eigenvalue weighted by atomic mass is 16.5. The summed E-state index contributed by atoms with van der Waals surface area (Å²) >= 11 is 0. The Hall–Kier alpha value is -3.02. The summed E-state index contributed by atoms with van der Waals surface area (Å²) in [6.45, 7) is 6.24. The predicted molar refractivity (Wildman–Crippen MR) is 108 cm³/mol. The lowest BCUT2D eigenvalue weighted by atomic mass is 10.1. The van der Waals surface area contributed by atoms with Crippen LogP contribution < -0.4 is 14.8 Å². The Balaban J connectivity index is 1.70. The zero-order chi connectivity index (χ0) is 19.9. The number of likely N-dealkylation sites (tertiary alicyclic amines) is 1. The molecule has 0 aromatic heterocycles. The van der Waals surface area contributed by atoms with Crippen LogP contribution in [0.3, 0.4) is 0 Å². The fourth-order valence-electron chi connectivity index (χ4n) is 3.19. The number of hydrogen-bond donors (Lipinski definition) is 1. The van der Waals surface area contributed by atoms with Gasteiger partial charge in [-0.2, -0.15) is 0 Å². The van der Waals surface area contributed by atoms with Gasteiger partial charge in [-0.25, -0.2) is 0 Å². The van der Waals surface area contributed by atoms with E-state index in [0.717, 1.165) is 18.5 Å². The minimum atomic E-state index is -0.224. The summed E-state index contributed by atoms with van der Waals surface area (Å²) in [6.07, 6.45) is 1.55. The zero-order valence-corrected chi connectivity index (χ0v) is 16.4. The number of nitrogens with one attached hydrogen (secondary N) is 1. The standard InChI is InChI=1S/C22H26N2O4/c1-3-27-18-11-12-20(28-4-2)19(14-18)23-22(26)17-9-7-16(8-10-17)15-24-13-5-6-21(24)25/h7-12,14H,3-6,13,15H2,1-2H3,(H,23,26). The van der Waals surface area contributed by atoms with Crippen LogP contribution in [0.4, 0.5) is 5.69 Å². The summed E-state index contributed by atoms with van der Waals surface area (Å²) in [5.41, 5.74) is 2.13. The first-order valence-electron chi connectivity index (χ1n) is 9.68. The third kappa shape index (κ3) is 4.82. The van der Waals surface area contributed by atoms with Crippen LogP contribution in [0.5, 0.6) is 11.5 Å². The van der Waals surface area contributed by atoms with Crippen LogP contribution in [0, 0.1) is 0 Å². The van der Waals surface area contributed by atoms with Gasteiger partial charge in [0.05, 0.1) is 18.9 Å². The Morgan fingerprint density at radius 1 is 1.07 bits per heavy atom. The van der Waals surface area contributed by atoms with E-state index in [2.05, 4.69) is 5.32 Å². The van der Waals surface area contributed by atoms with Crippen molar-refractivity contribution >= 4 is 17.5 Å². The number of amides is 2. The molecule has 2 amide bonds. The summed E-state index contributed by atoms with van der Waals surface area (Å²) in [5, 5.41) is 2.90. The van der Waals surface area contributed by atoms with E-state index in [0.29, 0.717) is 48.9 Å². The molecule has 1 aliphatic rings. The fourth-order valence-corrected chi connectivity index (χ4v) is 3.19. The van der Waals surface area contributed by atoms with Crippen LogP contribution in [-0.2, 0) is 11.3 Å². The Morgan fingerprint density at radius 2 is 1.82 bits per heavy atom. The quantitative estimate of drug-likeness (QED) is 0.753. The Bertz CT molecular complexity index is 833. The van der Waals surface area contributed by atoms with Crippen LogP contribution in [-0.4, -0.2) is 36.5 Å². The van der Waals surface area contributed by atoms with E-state index in [-0.39, 0.29) is 11.8 Å². The van der Waals surface area contributed by atoms with Gasteiger partial charge >= 0.3 is 0 Å². The average molecular weight is 382 g/mol. The van der Waals surface area contributed by atoms with E-state index in [9.17, 15) is 9.59 Å². The molecule has 0 unspecified atom stereocenters. The molecule has 1 fully saturated rings. The average Bonchev–Trinajstić information content (AvgIpc) is 3.09. The van der Waals surface area contributed by atoms with Gasteiger partial charge in [-0.3, -0.25) is 9.59 Å². The number of carbonyl (C=O) groups excluding carboxylic acids is 2. The number of anilines is 1. The Kier molecular flexibility index (Phi) is 6.53. The lowest BCUT2D eigenvalue weighted by Gasteiger charge is -2.16. The van der Waals surface area contributed by atoms with E-state index in [1.165, 1.54) is 0 Å². The molecule has 0 aliphatic carbocycles. The molecule has 1 heterocycles. The molecule has 0 radical (unpaired) electrons. The van der Waals surface area contributed by atoms with Crippen molar-refractivity contribution in [2.75, 3.05) is 25.1 Å². The molecular formula is C22H26N2O4. The summed E-state index contributed by atoms with van der Waals surface area (Å²) in [6, 6.07) is 12.7. The second-order valence-corrected chi connectivity index (χ2v) is 6.59. The van der Waals surface area contributed by atoms with Gasteiger partial charge in [-0.05, 0) is 50.1 Å². The van der Waals surface area contributed by atoms with Gasteiger partial charge in [0.2, 0.25) is 5.91 Å². The van der Waals surface area contributed by atoms with Gasteiger partial charge in [-0.15, -0.1) is 0 Å². The minimum absolute atomic E-state index is 0.194. The van der Waals surface area contributed by atoms with Gasteiger partial charge in [0, 0.05) is 31.1 Å². The highest BCUT2D eigenvalue weighted by Gasteiger charge is 2.20. The van der Waals surface area contributed by atoms with Crippen LogP contribution in [0.2, 0.25) is 0 Å². The molecule has 2 aromatic rings. The van der Waals surface area contributed by atoms with Crippen molar-refractivity contribution in [1.82, 2.24) is 4.90 Å². The third-order valence-electron chi connectivity index (χ3n) is 4.57. The largest absolute Gasteiger partial charge is 0.494 e. The molecule has 0 saturated carbocycles. The van der Waals surface area contributed by atoms with Crippen LogP contribution in [0.1, 0.15) is 42.6 Å². The lowest BCUT2D eigenvalue weighted by molar-refractivity contribution is -0.128. The van der Waals surface area contributed by atoms with Gasteiger partial charge < -0.3 is 19.7 Å². The van der Waals surface area contributed by atoms with E-state index in [1.54, 1.807) is 24.3 Å².